The van der Waals surface area contributed by atoms with Crippen molar-refractivity contribution >= 4 is 22.5 Å². The molecular weight excluding hydrogens is 425 g/mol. The first kappa shape index (κ1) is 21.0. The molecule has 0 unspecified atom stereocenters. The molecule has 2 atom stereocenters. The van der Waals surface area contributed by atoms with Crippen molar-refractivity contribution in [1.82, 2.24) is 9.88 Å². The molecule has 1 amide bonds. The molecule has 5 heteroatoms. The summed E-state index contributed by atoms with van der Waals surface area (Å²) >= 11 is 0. The van der Waals surface area contributed by atoms with Crippen LogP contribution in [0.5, 0.6) is 0 Å². The van der Waals surface area contributed by atoms with E-state index in [9.17, 15) is 9.18 Å². The van der Waals surface area contributed by atoms with E-state index in [4.69, 9.17) is 4.98 Å². The number of halogens is 1. The Morgan fingerprint density at radius 3 is 2.65 bits per heavy atom. The topological polar surface area (TPSA) is 36.4 Å². The highest BCUT2D eigenvalue weighted by Gasteiger charge is 2.44. The smallest absolute Gasteiger partial charge is 0.259 e. The second-order valence-electron chi connectivity index (χ2n) is 9.54. The van der Waals surface area contributed by atoms with Crippen LogP contribution < -0.4 is 4.90 Å². The maximum Gasteiger partial charge on any atom is 0.259 e. The summed E-state index contributed by atoms with van der Waals surface area (Å²) in [5.41, 5.74) is 6.35. The zero-order valence-electron chi connectivity index (χ0n) is 19.3. The number of fused-ring (bicyclic) bond motifs is 4. The molecule has 3 aromatic carbocycles. The van der Waals surface area contributed by atoms with E-state index in [1.807, 2.05) is 35.2 Å². The predicted octanol–water partition coefficient (Wildman–Crippen LogP) is 5.80. The van der Waals surface area contributed by atoms with Gasteiger partial charge in [0.25, 0.3) is 5.91 Å². The van der Waals surface area contributed by atoms with E-state index >= 15 is 0 Å². The third kappa shape index (κ3) is 3.39. The molecule has 0 saturated carbocycles. The number of aromatic nitrogens is 1. The van der Waals surface area contributed by atoms with Crippen molar-refractivity contribution in [2.75, 3.05) is 25.0 Å². The molecular formula is C29H26FN3O. The number of amides is 1. The Morgan fingerprint density at radius 2 is 1.82 bits per heavy atom. The fourth-order valence-corrected chi connectivity index (χ4v) is 5.60. The van der Waals surface area contributed by atoms with Gasteiger partial charge >= 0.3 is 0 Å². The van der Waals surface area contributed by atoms with Crippen molar-refractivity contribution in [2.24, 2.45) is 0 Å². The molecule has 0 spiro atoms. The summed E-state index contributed by atoms with van der Waals surface area (Å²) in [5.74, 6) is 0.0181. The first-order valence-electron chi connectivity index (χ1n) is 11.8. The maximum absolute atomic E-state index is 14.3. The number of piperidine rings is 1. The van der Waals surface area contributed by atoms with E-state index in [1.165, 1.54) is 23.3 Å². The third-order valence-electron chi connectivity index (χ3n) is 7.26. The molecule has 170 valence electrons. The van der Waals surface area contributed by atoms with E-state index < -0.39 is 0 Å². The van der Waals surface area contributed by atoms with Gasteiger partial charge in [0, 0.05) is 35.1 Å². The minimum Gasteiger partial charge on any atom is -0.306 e. The minimum atomic E-state index is -0.293. The Bertz CT molecular complexity index is 1420. The second kappa shape index (κ2) is 8.03. The highest BCUT2D eigenvalue weighted by Crippen LogP contribution is 2.46. The lowest BCUT2D eigenvalue weighted by molar-refractivity contribution is 0.0966. The molecule has 2 aliphatic heterocycles. The second-order valence-corrected chi connectivity index (χ2v) is 9.54. The number of likely N-dealkylation sites (tertiary alicyclic amines) is 1. The SMILES string of the molecule is Cc1ccc2c(c1)[C@H]1CN(C)CC[C@H]1N2C(=O)c1cc(-c2ccc(F)cc2)nc2ccccc12. The molecule has 1 saturated heterocycles. The van der Waals surface area contributed by atoms with Crippen LogP contribution in [0, 0.1) is 12.7 Å². The monoisotopic (exact) mass is 451 g/mol. The number of hydrogen-bond acceptors (Lipinski definition) is 3. The van der Waals surface area contributed by atoms with Crippen molar-refractivity contribution in [3.63, 3.8) is 0 Å². The van der Waals surface area contributed by atoms with Gasteiger partial charge in [-0.05, 0) is 75.0 Å². The molecule has 0 bridgehead atoms. The summed E-state index contributed by atoms with van der Waals surface area (Å²) in [7, 11) is 2.15. The number of carbonyl (C=O) groups is 1. The summed E-state index contributed by atoms with van der Waals surface area (Å²) < 4.78 is 13.5. The molecule has 0 N–H and O–H groups in total. The van der Waals surface area contributed by atoms with Crippen LogP contribution in [-0.2, 0) is 0 Å². The fourth-order valence-electron chi connectivity index (χ4n) is 5.60. The van der Waals surface area contributed by atoms with E-state index in [2.05, 4.69) is 37.1 Å². The van der Waals surface area contributed by atoms with Gasteiger partial charge in [0.1, 0.15) is 5.82 Å². The Hall–Kier alpha value is -3.57. The van der Waals surface area contributed by atoms with Gasteiger partial charge in [-0.2, -0.15) is 0 Å². The van der Waals surface area contributed by atoms with Crippen LogP contribution in [0.25, 0.3) is 22.2 Å². The van der Waals surface area contributed by atoms with Crippen molar-refractivity contribution in [3.8, 4) is 11.3 Å². The van der Waals surface area contributed by atoms with E-state index in [-0.39, 0.29) is 17.8 Å². The number of anilines is 1. The fraction of sp³-hybridized carbons (Fsp3) is 0.241. The number of carbonyl (C=O) groups excluding carboxylic acids is 1. The number of rotatable bonds is 2. The molecule has 3 heterocycles. The Labute approximate surface area is 198 Å². The van der Waals surface area contributed by atoms with Crippen LogP contribution in [0.2, 0.25) is 0 Å². The zero-order valence-corrected chi connectivity index (χ0v) is 19.3. The summed E-state index contributed by atoms with van der Waals surface area (Å²) in [6.45, 7) is 4.02. The Kier molecular flexibility index (Phi) is 4.96. The van der Waals surface area contributed by atoms with Crippen molar-refractivity contribution in [3.05, 3.63) is 95.3 Å². The van der Waals surface area contributed by atoms with Crippen molar-refractivity contribution < 1.29 is 9.18 Å². The Balaban J connectivity index is 1.51. The molecule has 4 nitrogen and oxygen atoms in total. The molecule has 6 rings (SSSR count). The van der Waals surface area contributed by atoms with Crippen LogP contribution in [0.3, 0.4) is 0 Å². The van der Waals surface area contributed by atoms with Gasteiger partial charge < -0.3 is 9.80 Å². The van der Waals surface area contributed by atoms with E-state index in [1.54, 1.807) is 12.1 Å². The lowest BCUT2D eigenvalue weighted by Crippen LogP contribution is -2.47. The molecule has 1 aromatic heterocycles. The molecule has 0 aliphatic carbocycles. The molecule has 34 heavy (non-hydrogen) atoms. The van der Waals surface area contributed by atoms with Crippen LogP contribution in [-0.4, -0.2) is 42.0 Å². The maximum atomic E-state index is 14.3. The number of para-hydroxylation sites is 1. The average molecular weight is 452 g/mol. The lowest BCUT2D eigenvalue weighted by atomic mass is 9.88. The number of nitrogens with zero attached hydrogens (tertiary/aromatic N) is 3. The van der Waals surface area contributed by atoms with Gasteiger partial charge in [-0.1, -0.05) is 35.9 Å². The highest BCUT2D eigenvalue weighted by molar-refractivity contribution is 6.15. The van der Waals surface area contributed by atoms with Crippen LogP contribution in [0.4, 0.5) is 10.1 Å². The van der Waals surface area contributed by atoms with Crippen LogP contribution in [0.1, 0.15) is 33.8 Å². The van der Waals surface area contributed by atoms with Gasteiger partial charge in [0.2, 0.25) is 0 Å². The zero-order chi connectivity index (χ0) is 23.4. The number of benzene rings is 3. The van der Waals surface area contributed by atoms with E-state index in [0.717, 1.165) is 41.7 Å². The van der Waals surface area contributed by atoms with E-state index in [0.29, 0.717) is 17.2 Å². The van der Waals surface area contributed by atoms with Crippen LogP contribution in [0.15, 0.2) is 72.8 Å². The van der Waals surface area contributed by atoms with Crippen molar-refractivity contribution in [1.29, 1.82) is 0 Å². The van der Waals surface area contributed by atoms with Crippen LogP contribution >= 0.6 is 0 Å². The summed E-state index contributed by atoms with van der Waals surface area (Å²) in [6, 6.07) is 22.5. The van der Waals surface area contributed by atoms with Gasteiger partial charge in [0.15, 0.2) is 0 Å². The summed E-state index contributed by atoms with van der Waals surface area (Å²) in [4.78, 5) is 23.5. The van der Waals surface area contributed by atoms with Gasteiger partial charge in [0.05, 0.1) is 16.8 Å². The third-order valence-corrected chi connectivity index (χ3v) is 7.26. The first-order valence-corrected chi connectivity index (χ1v) is 11.8. The molecule has 0 radical (unpaired) electrons. The molecule has 4 aromatic rings. The van der Waals surface area contributed by atoms with Gasteiger partial charge in [-0.3, -0.25) is 4.79 Å². The Morgan fingerprint density at radius 1 is 1.03 bits per heavy atom. The average Bonchev–Trinajstić information content (AvgIpc) is 3.16. The largest absolute Gasteiger partial charge is 0.306 e. The number of likely N-dealkylation sites (N-methyl/N-ethyl adjacent to an activating group) is 1. The number of hydrogen-bond donors (Lipinski definition) is 0. The minimum absolute atomic E-state index is 0.00381. The highest BCUT2D eigenvalue weighted by atomic mass is 19.1. The van der Waals surface area contributed by atoms with Gasteiger partial charge in [-0.15, -0.1) is 0 Å². The normalized spacial score (nSPS) is 19.8. The quantitative estimate of drug-likeness (QED) is 0.387. The molecule has 2 aliphatic rings. The standard InChI is InChI=1S/C29H26FN3O/c1-18-7-12-27-22(15-18)24-17-32(2)14-13-28(24)33(27)29(34)23-16-26(19-8-10-20(30)11-9-19)31-25-6-4-3-5-21(23)25/h3-12,15-16,24,28H,13-14,17H2,1-2H3/t24-,28-/m1/s1. The molecule has 1 fully saturated rings. The first-order chi connectivity index (χ1) is 16.5. The van der Waals surface area contributed by atoms with Crippen molar-refractivity contribution in [2.45, 2.75) is 25.3 Å². The summed E-state index contributed by atoms with van der Waals surface area (Å²) in [5, 5.41) is 0.836. The number of aryl methyl sites for hydroxylation is 1. The number of pyridine rings is 1. The lowest BCUT2D eigenvalue weighted by Gasteiger charge is -2.36. The predicted molar refractivity (Wildman–Crippen MR) is 134 cm³/mol. The van der Waals surface area contributed by atoms with Gasteiger partial charge in [-0.25, -0.2) is 9.37 Å². The summed E-state index contributed by atoms with van der Waals surface area (Å²) in [6.07, 6.45) is 0.939.